The van der Waals surface area contributed by atoms with Crippen molar-refractivity contribution in [2.45, 2.75) is 42.9 Å². The molecule has 2 aliphatic rings. The van der Waals surface area contributed by atoms with E-state index in [1.54, 1.807) is 0 Å². The fourth-order valence-corrected chi connectivity index (χ4v) is 3.80. The summed E-state index contributed by atoms with van der Waals surface area (Å²) in [5, 5.41) is 89.9. The molecule has 4 rings (SSSR count). The highest BCUT2D eigenvalue weighted by Crippen LogP contribution is 2.50. The minimum atomic E-state index is -1.87. The van der Waals surface area contributed by atoms with E-state index in [1.807, 2.05) is 0 Å². The third-order valence-corrected chi connectivity index (χ3v) is 5.65. The summed E-state index contributed by atoms with van der Waals surface area (Å²) in [6.07, 6.45) is -11.8. The molecule has 1 saturated heterocycles. The molecular weight excluding hydrogens is 460 g/mol. The molecule has 2 aromatic rings. The lowest BCUT2D eigenvalue weighted by molar-refractivity contribution is -0.277. The van der Waals surface area contributed by atoms with Gasteiger partial charge in [0.1, 0.15) is 35.7 Å². The van der Waals surface area contributed by atoms with Gasteiger partial charge in [-0.15, -0.1) is 0 Å². The molecule has 0 aliphatic carbocycles. The van der Waals surface area contributed by atoms with Crippen LogP contribution in [0.4, 0.5) is 0 Å². The highest BCUT2D eigenvalue weighted by Gasteiger charge is 2.47. The van der Waals surface area contributed by atoms with Crippen molar-refractivity contribution in [3.63, 3.8) is 0 Å². The highest BCUT2D eigenvalue weighted by atomic mass is 16.7. The Hall–Kier alpha value is -3.33. The van der Waals surface area contributed by atoms with Gasteiger partial charge >= 0.3 is 0 Å². The molecule has 1 fully saturated rings. The number of fused-ring (bicyclic) bond motifs is 1. The lowest BCUT2D eigenvalue weighted by Gasteiger charge is -2.40. The predicted molar refractivity (Wildman–Crippen MR) is 108 cm³/mol. The number of aromatic hydroxyl groups is 4. The number of phenols is 4. The molecule has 0 saturated carbocycles. The molecule has 2 aromatic carbocycles. The Morgan fingerprint density at radius 2 is 1.56 bits per heavy atom. The third kappa shape index (κ3) is 3.83. The third-order valence-electron chi connectivity index (χ3n) is 5.65. The van der Waals surface area contributed by atoms with E-state index < -0.39 is 95.4 Å². The monoisotopic (exact) mass is 482 g/mol. The maximum absolute atomic E-state index is 12.9. The first-order valence-corrected chi connectivity index (χ1v) is 10.0. The van der Waals surface area contributed by atoms with Gasteiger partial charge in [0.2, 0.25) is 17.8 Å². The van der Waals surface area contributed by atoms with Gasteiger partial charge in [-0.05, 0) is 17.7 Å². The standard InChI is InChI=1S/C21H22O13/c22-5-11-13(27)15(29)17(31)21(32-11)34-19-10(26)4-9(25)12-14(28)16(30)18(33-20(12)19)6-1-2-7(23)8(24)3-6/h1-4,11,13,15-18,21-27,29-31H,5H2. The van der Waals surface area contributed by atoms with Gasteiger partial charge in [0, 0.05) is 6.07 Å². The van der Waals surface area contributed by atoms with Crippen LogP contribution in [0.2, 0.25) is 0 Å². The molecule has 2 heterocycles. The van der Waals surface area contributed by atoms with Gasteiger partial charge in [0.25, 0.3) is 0 Å². The first-order valence-electron chi connectivity index (χ1n) is 10.0. The first-order chi connectivity index (χ1) is 16.0. The number of rotatable bonds is 4. The molecule has 0 amide bonds. The number of hydrogen-bond donors (Lipinski definition) is 9. The molecule has 9 N–H and O–H groups in total. The molecule has 0 radical (unpaired) electrons. The Kier molecular flexibility index (Phi) is 6.16. The molecule has 0 aromatic heterocycles. The van der Waals surface area contributed by atoms with Crippen molar-refractivity contribution in [1.82, 2.24) is 0 Å². The molecule has 13 heteroatoms. The van der Waals surface area contributed by atoms with E-state index in [0.717, 1.165) is 18.2 Å². The maximum atomic E-state index is 12.9. The van der Waals surface area contributed by atoms with Crippen molar-refractivity contribution in [2.24, 2.45) is 0 Å². The Labute approximate surface area is 190 Å². The molecule has 7 atom stereocenters. The smallest absolute Gasteiger partial charge is 0.229 e. The summed E-state index contributed by atoms with van der Waals surface area (Å²) in [5.74, 6) is -4.78. The van der Waals surface area contributed by atoms with Crippen LogP contribution in [0.15, 0.2) is 24.3 Å². The van der Waals surface area contributed by atoms with Gasteiger partial charge in [-0.2, -0.15) is 0 Å². The normalized spacial score (nSPS) is 31.0. The fraction of sp³-hybridized carbons (Fsp3) is 0.381. The Morgan fingerprint density at radius 1 is 0.853 bits per heavy atom. The molecule has 0 spiro atoms. The molecule has 7 unspecified atom stereocenters. The maximum Gasteiger partial charge on any atom is 0.229 e. The number of benzene rings is 2. The molecule has 34 heavy (non-hydrogen) atoms. The van der Waals surface area contributed by atoms with Crippen LogP contribution in [0, 0.1) is 0 Å². The van der Waals surface area contributed by atoms with Gasteiger partial charge in [-0.3, -0.25) is 4.79 Å². The molecule has 2 aliphatic heterocycles. The lowest BCUT2D eigenvalue weighted by Crippen LogP contribution is -2.60. The minimum Gasteiger partial charge on any atom is -0.507 e. The van der Waals surface area contributed by atoms with Crippen LogP contribution >= 0.6 is 0 Å². The van der Waals surface area contributed by atoms with Gasteiger partial charge < -0.3 is 60.2 Å². The summed E-state index contributed by atoms with van der Waals surface area (Å²) in [7, 11) is 0. The zero-order valence-corrected chi connectivity index (χ0v) is 17.2. The summed E-state index contributed by atoms with van der Waals surface area (Å²) in [5.41, 5.74) is -0.521. The Balaban J connectivity index is 1.76. The average molecular weight is 482 g/mol. The summed E-state index contributed by atoms with van der Waals surface area (Å²) in [4.78, 5) is 12.9. The van der Waals surface area contributed by atoms with Crippen molar-refractivity contribution < 1.29 is 65.0 Å². The number of carbonyl (C=O) groups excluding carboxylic acids is 1. The van der Waals surface area contributed by atoms with E-state index in [4.69, 9.17) is 14.2 Å². The molecule has 13 nitrogen and oxygen atoms in total. The number of carbonyl (C=O) groups is 1. The van der Waals surface area contributed by atoms with Crippen LogP contribution in [0.25, 0.3) is 0 Å². The first kappa shape index (κ1) is 23.8. The highest BCUT2D eigenvalue weighted by molar-refractivity contribution is 6.06. The topological polar surface area (TPSA) is 227 Å². The van der Waals surface area contributed by atoms with Crippen LogP contribution in [-0.2, 0) is 4.74 Å². The average Bonchev–Trinajstić information content (AvgIpc) is 2.80. The van der Waals surface area contributed by atoms with Crippen LogP contribution < -0.4 is 9.47 Å². The van der Waals surface area contributed by atoms with Crippen LogP contribution in [0.3, 0.4) is 0 Å². The molecule has 0 bridgehead atoms. The van der Waals surface area contributed by atoms with E-state index >= 15 is 0 Å². The molecular formula is C21H22O13. The number of ether oxygens (including phenoxy) is 3. The zero-order chi connectivity index (χ0) is 24.9. The van der Waals surface area contributed by atoms with Gasteiger partial charge in [0.05, 0.1) is 6.61 Å². The van der Waals surface area contributed by atoms with Crippen LogP contribution in [0.5, 0.6) is 34.5 Å². The lowest BCUT2D eigenvalue weighted by atomic mass is 9.92. The summed E-state index contributed by atoms with van der Waals surface area (Å²) < 4.78 is 16.4. The quantitative estimate of drug-likeness (QED) is 0.223. The summed E-state index contributed by atoms with van der Waals surface area (Å²) in [6, 6.07) is 4.09. The second-order valence-electron chi connectivity index (χ2n) is 7.86. The van der Waals surface area contributed by atoms with Gasteiger partial charge in [-0.1, -0.05) is 6.07 Å². The van der Waals surface area contributed by atoms with Crippen molar-refractivity contribution in [3.05, 3.63) is 35.4 Å². The van der Waals surface area contributed by atoms with Crippen LogP contribution in [-0.4, -0.2) is 95.2 Å². The zero-order valence-electron chi connectivity index (χ0n) is 17.2. The second kappa shape index (κ2) is 8.79. The number of phenolic OH excluding ortho intramolecular Hbond substituents is 4. The number of aliphatic hydroxyl groups is 5. The Bertz CT molecular complexity index is 1100. The van der Waals surface area contributed by atoms with Gasteiger partial charge in [0.15, 0.2) is 35.2 Å². The second-order valence-corrected chi connectivity index (χ2v) is 7.86. The van der Waals surface area contributed by atoms with Crippen LogP contribution in [0.1, 0.15) is 22.0 Å². The minimum absolute atomic E-state index is 0.0448. The number of aliphatic hydroxyl groups excluding tert-OH is 5. The van der Waals surface area contributed by atoms with Gasteiger partial charge in [-0.25, -0.2) is 0 Å². The van der Waals surface area contributed by atoms with E-state index in [9.17, 15) is 50.8 Å². The SMILES string of the molecule is O=C1c2c(O)cc(O)c(OC3OC(CO)C(O)C(O)C3O)c2OC(c2ccc(O)c(O)c2)C1O. The predicted octanol–water partition coefficient (Wildman–Crippen LogP) is -1.64. The number of hydrogen-bond acceptors (Lipinski definition) is 13. The van der Waals surface area contributed by atoms with E-state index in [0.29, 0.717) is 0 Å². The largest absolute Gasteiger partial charge is 0.507 e. The molecule has 184 valence electrons. The number of ketones is 1. The summed E-state index contributed by atoms with van der Waals surface area (Å²) >= 11 is 0. The Morgan fingerprint density at radius 3 is 2.21 bits per heavy atom. The van der Waals surface area contributed by atoms with Crippen molar-refractivity contribution >= 4 is 5.78 Å². The number of Topliss-reactive ketones (excluding diaryl/α,β-unsaturated/α-hetero) is 1. The summed E-state index contributed by atoms with van der Waals surface area (Å²) in [6.45, 7) is -0.752. The van der Waals surface area contributed by atoms with Crippen molar-refractivity contribution in [2.75, 3.05) is 6.61 Å². The van der Waals surface area contributed by atoms with E-state index in [1.165, 1.54) is 6.07 Å². The fourth-order valence-electron chi connectivity index (χ4n) is 3.80. The van der Waals surface area contributed by atoms with E-state index in [2.05, 4.69) is 0 Å². The van der Waals surface area contributed by atoms with Crippen molar-refractivity contribution in [1.29, 1.82) is 0 Å². The van der Waals surface area contributed by atoms with E-state index in [-0.39, 0.29) is 5.56 Å². The van der Waals surface area contributed by atoms with Crippen molar-refractivity contribution in [3.8, 4) is 34.5 Å².